The highest BCUT2D eigenvalue weighted by Gasteiger charge is 2.34. The number of hydrogen-bond acceptors (Lipinski definition) is 7. The molecule has 6 rings (SSSR count). The summed E-state index contributed by atoms with van der Waals surface area (Å²) in [6.45, 7) is 2.89. The van der Waals surface area contributed by atoms with E-state index < -0.39 is 6.04 Å². The first kappa shape index (κ1) is 23.6. The largest absolute Gasteiger partial charge is 0.497 e. The van der Waals surface area contributed by atoms with E-state index in [1.165, 1.54) is 12.1 Å². The normalized spacial score (nSPS) is 17.9. The quantitative estimate of drug-likeness (QED) is 0.429. The van der Waals surface area contributed by atoms with E-state index in [-0.39, 0.29) is 17.4 Å². The molecule has 192 valence electrons. The highest BCUT2D eigenvalue weighted by molar-refractivity contribution is 5.80. The third-order valence-corrected chi connectivity index (χ3v) is 7.68. The van der Waals surface area contributed by atoms with Crippen LogP contribution in [0.25, 0.3) is 10.9 Å². The maximum Gasteiger partial charge on any atom is 0.253 e. The van der Waals surface area contributed by atoms with Crippen LogP contribution in [0.2, 0.25) is 0 Å². The number of tetrazole rings is 1. The minimum absolute atomic E-state index is 0.149. The SMILES string of the molecule is COc1ccc2[nH]c(=O)c([C@H](c3nnnn3C3CCCC3)N3CCN(c4ccc(F)cc4)CC3)cc2c1. The van der Waals surface area contributed by atoms with Crippen LogP contribution in [0.4, 0.5) is 10.1 Å². The summed E-state index contributed by atoms with van der Waals surface area (Å²) >= 11 is 0. The van der Waals surface area contributed by atoms with Crippen LogP contribution in [-0.2, 0) is 0 Å². The molecule has 37 heavy (non-hydrogen) atoms. The number of pyridine rings is 1. The molecule has 4 aromatic rings. The zero-order valence-corrected chi connectivity index (χ0v) is 20.8. The van der Waals surface area contributed by atoms with Crippen LogP contribution in [-0.4, -0.2) is 63.4 Å². The summed E-state index contributed by atoms with van der Waals surface area (Å²) in [7, 11) is 1.63. The smallest absolute Gasteiger partial charge is 0.253 e. The van der Waals surface area contributed by atoms with Gasteiger partial charge in [0.05, 0.1) is 13.2 Å². The lowest BCUT2D eigenvalue weighted by Crippen LogP contribution is -2.49. The number of aromatic nitrogens is 5. The Morgan fingerprint density at radius 2 is 1.78 bits per heavy atom. The lowest BCUT2D eigenvalue weighted by molar-refractivity contribution is 0.197. The lowest BCUT2D eigenvalue weighted by atomic mass is 10.0. The summed E-state index contributed by atoms with van der Waals surface area (Å²) in [5.41, 5.74) is 2.21. The molecule has 2 aromatic carbocycles. The molecule has 0 bridgehead atoms. The highest BCUT2D eigenvalue weighted by Crippen LogP contribution is 2.34. The van der Waals surface area contributed by atoms with E-state index in [0.29, 0.717) is 24.5 Å². The van der Waals surface area contributed by atoms with Crippen molar-refractivity contribution < 1.29 is 9.13 Å². The van der Waals surface area contributed by atoms with Gasteiger partial charge in [0.25, 0.3) is 5.56 Å². The Labute approximate surface area is 213 Å². The molecular formula is C27H30FN7O2. The Hall–Kier alpha value is -3.79. The van der Waals surface area contributed by atoms with Crippen molar-refractivity contribution in [2.75, 3.05) is 38.2 Å². The van der Waals surface area contributed by atoms with Gasteiger partial charge in [-0.2, -0.15) is 0 Å². The van der Waals surface area contributed by atoms with Crippen molar-refractivity contribution in [3.8, 4) is 5.75 Å². The Kier molecular flexibility index (Phi) is 6.33. The molecule has 1 atom stereocenters. The fraction of sp³-hybridized carbons (Fsp3) is 0.407. The number of methoxy groups -OCH3 is 1. The average Bonchev–Trinajstić information content (AvgIpc) is 3.62. The minimum atomic E-state index is -0.398. The number of H-pyrrole nitrogens is 1. The monoisotopic (exact) mass is 503 g/mol. The van der Waals surface area contributed by atoms with Crippen LogP contribution in [0.15, 0.2) is 53.3 Å². The molecule has 0 unspecified atom stereocenters. The molecule has 9 nitrogen and oxygen atoms in total. The predicted molar refractivity (Wildman–Crippen MR) is 138 cm³/mol. The molecule has 1 saturated heterocycles. The van der Waals surface area contributed by atoms with Crippen molar-refractivity contribution in [2.45, 2.75) is 37.8 Å². The number of nitrogens with zero attached hydrogens (tertiary/aromatic N) is 6. The van der Waals surface area contributed by atoms with E-state index in [2.05, 4.69) is 30.3 Å². The van der Waals surface area contributed by atoms with Crippen molar-refractivity contribution in [1.29, 1.82) is 0 Å². The second-order valence-corrected chi connectivity index (χ2v) is 9.83. The number of benzene rings is 2. The molecule has 2 fully saturated rings. The number of nitrogens with one attached hydrogen (secondary N) is 1. The molecule has 1 aliphatic carbocycles. The molecule has 0 spiro atoms. The average molecular weight is 504 g/mol. The maximum atomic E-state index is 13.5. The van der Waals surface area contributed by atoms with Gasteiger partial charge in [0.2, 0.25) is 0 Å². The second-order valence-electron chi connectivity index (χ2n) is 9.83. The van der Waals surface area contributed by atoms with E-state index in [0.717, 1.165) is 61.1 Å². The van der Waals surface area contributed by atoms with Crippen molar-refractivity contribution in [1.82, 2.24) is 30.1 Å². The zero-order chi connectivity index (χ0) is 25.4. The lowest BCUT2D eigenvalue weighted by Gasteiger charge is -2.39. The molecule has 1 aliphatic heterocycles. The predicted octanol–water partition coefficient (Wildman–Crippen LogP) is 3.69. The summed E-state index contributed by atoms with van der Waals surface area (Å²) in [5, 5.41) is 13.8. The summed E-state index contributed by atoms with van der Waals surface area (Å²) in [6, 6.07) is 14.0. The minimum Gasteiger partial charge on any atom is -0.497 e. The highest BCUT2D eigenvalue weighted by atomic mass is 19.1. The van der Waals surface area contributed by atoms with Gasteiger partial charge in [-0.1, -0.05) is 12.8 Å². The zero-order valence-electron chi connectivity index (χ0n) is 20.8. The molecule has 1 N–H and O–H groups in total. The van der Waals surface area contributed by atoms with Crippen LogP contribution in [0.5, 0.6) is 5.75 Å². The number of anilines is 1. The van der Waals surface area contributed by atoms with Crippen molar-refractivity contribution in [2.24, 2.45) is 0 Å². The molecule has 10 heteroatoms. The van der Waals surface area contributed by atoms with Crippen molar-refractivity contribution in [3.63, 3.8) is 0 Å². The first-order valence-electron chi connectivity index (χ1n) is 12.8. The van der Waals surface area contributed by atoms with Gasteiger partial charge in [-0.15, -0.1) is 5.10 Å². The molecule has 3 heterocycles. The first-order valence-corrected chi connectivity index (χ1v) is 12.8. The van der Waals surface area contributed by atoms with Gasteiger partial charge in [-0.3, -0.25) is 9.69 Å². The molecule has 1 saturated carbocycles. The van der Waals surface area contributed by atoms with Crippen LogP contribution in [0, 0.1) is 5.82 Å². The molecule has 0 amide bonds. The summed E-state index contributed by atoms with van der Waals surface area (Å²) in [6.07, 6.45) is 4.38. The summed E-state index contributed by atoms with van der Waals surface area (Å²) in [5.74, 6) is 1.19. The van der Waals surface area contributed by atoms with E-state index in [1.807, 2.05) is 41.1 Å². The molecule has 2 aliphatic rings. The first-order chi connectivity index (χ1) is 18.1. The number of piperazine rings is 1. The van der Waals surface area contributed by atoms with Crippen LogP contribution in [0.1, 0.15) is 49.2 Å². The fourth-order valence-corrected chi connectivity index (χ4v) is 5.71. The van der Waals surface area contributed by atoms with Crippen molar-refractivity contribution in [3.05, 3.63) is 76.1 Å². The van der Waals surface area contributed by atoms with Gasteiger partial charge in [0.1, 0.15) is 17.6 Å². The third kappa shape index (κ3) is 4.57. The standard InChI is InChI=1S/C27H30FN7O2/c1-37-22-10-11-24-18(16-22)17-23(27(36)29-24)25(26-30-31-32-35(26)21-4-2-3-5-21)34-14-12-33(13-15-34)20-8-6-19(28)7-9-20/h6-11,16-17,21,25H,2-5,12-15H2,1H3,(H,29,36)/t25-/m1/s1. The van der Waals surface area contributed by atoms with Gasteiger partial charge in [-0.05, 0) is 71.8 Å². The van der Waals surface area contributed by atoms with Crippen LogP contribution < -0.4 is 15.2 Å². The maximum absolute atomic E-state index is 13.5. The Morgan fingerprint density at radius 3 is 2.51 bits per heavy atom. The fourth-order valence-electron chi connectivity index (χ4n) is 5.71. The van der Waals surface area contributed by atoms with Gasteiger partial charge in [0.15, 0.2) is 5.82 Å². The number of rotatable bonds is 6. The Morgan fingerprint density at radius 1 is 1.03 bits per heavy atom. The molecule has 2 aromatic heterocycles. The van der Waals surface area contributed by atoms with E-state index in [1.54, 1.807) is 7.11 Å². The van der Waals surface area contributed by atoms with E-state index >= 15 is 0 Å². The van der Waals surface area contributed by atoms with Gasteiger partial charge < -0.3 is 14.6 Å². The van der Waals surface area contributed by atoms with Gasteiger partial charge in [0, 0.05) is 48.3 Å². The van der Waals surface area contributed by atoms with E-state index in [9.17, 15) is 9.18 Å². The number of fused-ring (bicyclic) bond motifs is 1. The van der Waals surface area contributed by atoms with Crippen LogP contribution >= 0.6 is 0 Å². The Bertz CT molecular complexity index is 1440. The third-order valence-electron chi connectivity index (χ3n) is 7.68. The van der Waals surface area contributed by atoms with Gasteiger partial charge in [-0.25, -0.2) is 9.07 Å². The number of hydrogen-bond donors (Lipinski definition) is 1. The Balaban J connectivity index is 1.39. The number of halogens is 1. The second kappa shape index (κ2) is 9.93. The topological polar surface area (TPSA) is 92.2 Å². The van der Waals surface area contributed by atoms with E-state index in [4.69, 9.17) is 4.74 Å². The summed E-state index contributed by atoms with van der Waals surface area (Å²) in [4.78, 5) is 21.1. The molecule has 0 radical (unpaired) electrons. The van der Waals surface area contributed by atoms with Crippen molar-refractivity contribution >= 4 is 16.6 Å². The molecular weight excluding hydrogens is 473 g/mol. The number of ether oxygens (including phenoxy) is 1. The number of aromatic amines is 1. The van der Waals surface area contributed by atoms with Gasteiger partial charge >= 0.3 is 0 Å². The summed E-state index contributed by atoms with van der Waals surface area (Å²) < 4.78 is 20.8. The van der Waals surface area contributed by atoms with Crippen LogP contribution in [0.3, 0.4) is 0 Å².